The number of nitrogens with zero attached hydrogens (tertiary/aromatic N) is 1. The van der Waals surface area contributed by atoms with Crippen LogP contribution in [-0.4, -0.2) is 29.4 Å². The number of fused-ring (bicyclic) bond motifs is 1. The maximum absolute atomic E-state index is 13.2. The molecule has 2 heterocycles. The molecule has 0 saturated carbocycles. The maximum Gasteiger partial charge on any atom is 0.225 e. The molecule has 0 aliphatic carbocycles. The van der Waals surface area contributed by atoms with Crippen LogP contribution in [0, 0.1) is 12.7 Å². The third-order valence-electron chi connectivity index (χ3n) is 3.99. The van der Waals surface area contributed by atoms with E-state index in [0.29, 0.717) is 18.0 Å². The maximum atomic E-state index is 13.2. The van der Waals surface area contributed by atoms with Gasteiger partial charge in [0, 0.05) is 18.7 Å². The molecule has 96 valence electrons. The lowest BCUT2D eigenvalue weighted by Gasteiger charge is -2.22. The van der Waals surface area contributed by atoms with Crippen LogP contribution in [0.2, 0.25) is 0 Å². The van der Waals surface area contributed by atoms with Gasteiger partial charge in [-0.15, -0.1) is 0 Å². The van der Waals surface area contributed by atoms with Gasteiger partial charge in [-0.25, -0.2) is 4.39 Å². The van der Waals surface area contributed by atoms with Crippen LogP contribution in [0.5, 0.6) is 0 Å². The van der Waals surface area contributed by atoms with E-state index in [2.05, 4.69) is 5.32 Å². The van der Waals surface area contributed by atoms with Crippen LogP contribution >= 0.6 is 0 Å². The zero-order valence-electron chi connectivity index (χ0n) is 10.4. The number of hydrogen-bond acceptors (Lipinski definition) is 2. The molecular weight excluding hydrogens is 231 g/mol. The van der Waals surface area contributed by atoms with E-state index in [1.54, 1.807) is 19.1 Å². The van der Waals surface area contributed by atoms with Crippen molar-refractivity contribution in [2.75, 3.05) is 11.9 Å². The molecule has 0 spiro atoms. The van der Waals surface area contributed by atoms with Gasteiger partial charge >= 0.3 is 0 Å². The van der Waals surface area contributed by atoms with Crippen molar-refractivity contribution in [1.29, 1.82) is 0 Å². The molecule has 2 aliphatic rings. The van der Waals surface area contributed by atoms with Gasteiger partial charge in [-0.05, 0) is 43.5 Å². The Bertz CT molecular complexity index is 489. The van der Waals surface area contributed by atoms with Gasteiger partial charge in [-0.2, -0.15) is 0 Å². The summed E-state index contributed by atoms with van der Waals surface area (Å²) in [6.45, 7) is 2.65. The van der Waals surface area contributed by atoms with Crippen molar-refractivity contribution in [3.63, 3.8) is 0 Å². The molecule has 2 unspecified atom stereocenters. The van der Waals surface area contributed by atoms with Gasteiger partial charge in [0.05, 0.1) is 12.1 Å². The number of benzene rings is 1. The molecule has 4 heteroatoms. The van der Waals surface area contributed by atoms with E-state index in [-0.39, 0.29) is 17.8 Å². The Hall–Kier alpha value is -1.58. The standard InChI is InChI=1S/C14H17FN2O/c1-9-7-10(4-5-11(9)15)16-12-8-14(18)17-6-2-3-13(12)17/h4-5,7,12-13,16H,2-3,6,8H2,1H3. The van der Waals surface area contributed by atoms with Crippen LogP contribution in [0.15, 0.2) is 18.2 Å². The first-order valence-corrected chi connectivity index (χ1v) is 6.47. The fourth-order valence-electron chi connectivity index (χ4n) is 3.06. The largest absolute Gasteiger partial charge is 0.380 e. The van der Waals surface area contributed by atoms with Crippen LogP contribution in [0.3, 0.4) is 0 Å². The van der Waals surface area contributed by atoms with Crippen LogP contribution < -0.4 is 5.32 Å². The monoisotopic (exact) mass is 248 g/mol. The second-order valence-electron chi connectivity index (χ2n) is 5.22. The molecule has 3 nitrogen and oxygen atoms in total. The molecule has 1 N–H and O–H groups in total. The van der Waals surface area contributed by atoms with E-state index in [1.807, 2.05) is 4.90 Å². The number of hydrogen-bond donors (Lipinski definition) is 1. The van der Waals surface area contributed by atoms with Crippen molar-refractivity contribution in [2.24, 2.45) is 0 Å². The second-order valence-corrected chi connectivity index (χ2v) is 5.22. The number of anilines is 1. The van der Waals surface area contributed by atoms with E-state index < -0.39 is 0 Å². The van der Waals surface area contributed by atoms with Gasteiger partial charge in [0.2, 0.25) is 5.91 Å². The summed E-state index contributed by atoms with van der Waals surface area (Å²) in [5.74, 6) is 0.0550. The van der Waals surface area contributed by atoms with Crippen molar-refractivity contribution in [3.8, 4) is 0 Å². The number of nitrogens with one attached hydrogen (secondary N) is 1. The van der Waals surface area contributed by atoms with Gasteiger partial charge in [-0.1, -0.05) is 0 Å². The summed E-state index contributed by atoms with van der Waals surface area (Å²) in [5.41, 5.74) is 1.54. The minimum atomic E-state index is -0.189. The van der Waals surface area contributed by atoms with Gasteiger partial charge in [0.15, 0.2) is 0 Å². The average Bonchev–Trinajstić information content (AvgIpc) is 2.90. The molecule has 2 aliphatic heterocycles. The Balaban J connectivity index is 1.76. The van der Waals surface area contributed by atoms with Crippen LogP contribution in [0.1, 0.15) is 24.8 Å². The predicted molar refractivity (Wildman–Crippen MR) is 67.9 cm³/mol. The number of rotatable bonds is 2. The molecule has 1 aromatic carbocycles. The molecule has 0 aromatic heterocycles. The van der Waals surface area contributed by atoms with Crippen molar-refractivity contribution in [2.45, 2.75) is 38.3 Å². The SMILES string of the molecule is Cc1cc(NC2CC(=O)N3CCCC23)ccc1F. The van der Waals surface area contributed by atoms with E-state index in [1.165, 1.54) is 6.07 Å². The summed E-state index contributed by atoms with van der Waals surface area (Å²) in [6, 6.07) is 5.51. The first kappa shape index (κ1) is 11.5. The fourth-order valence-corrected chi connectivity index (χ4v) is 3.06. The highest BCUT2D eigenvalue weighted by Gasteiger charge is 2.42. The fraction of sp³-hybridized carbons (Fsp3) is 0.500. The van der Waals surface area contributed by atoms with Crippen LogP contribution in [0.4, 0.5) is 10.1 Å². The highest BCUT2D eigenvalue weighted by atomic mass is 19.1. The molecule has 2 saturated heterocycles. The lowest BCUT2D eigenvalue weighted by molar-refractivity contribution is -0.127. The highest BCUT2D eigenvalue weighted by Crippen LogP contribution is 2.31. The summed E-state index contributed by atoms with van der Waals surface area (Å²) in [7, 11) is 0. The Morgan fingerprint density at radius 1 is 1.44 bits per heavy atom. The Labute approximate surface area is 106 Å². The number of carbonyl (C=O) groups excluding carboxylic acids is 1. The minimum absolute atomic E-state index is 0.171. The molecule has 2 atom stereocenters. The van der Waals surface area contributed by atoms with Gasteiger partial charge in [0.25, 0.3) is 0 Å². The lowest BCUT2D eigenvalue weighted by atomic mass is 10.1. The van der Waals surface area contributed by atoms with Crippen molar-refractivity contribution < 1.29 is 9.18 Å². The quantitative estimate of drug-likeness (QED) is 0.871. The number of carbonyl (C=O) groups is 1. The third kappa shape index (κ3) is 1.85. The molecule has 1 aromatic rings. The van der Waals surface area contributed by atoms with E-state index in [9.17, 15) is 9.18 Å². The zero-order valence-corrected chi connectivity index (χ0v) is 10.4. The normalized spacial score (nSPS) is 26.6. The van der Waals surface area contributed by atoms with E-state index in [0.717, 1.165) is 25.1 Å². The van der Waals surface area contributed by atoms with Crippen LogP contribution in [0.25, 0.3) is 0 Å². The molecule has 2 fully saturated rings. The molecule has 3 rings (SSSR count). The van der Waals surface area contributed by atoms with Crippen molar-refractivity contribution in [1.82, 2.24) is 4.90 Å². The summed E-state index contributed by atoms with van der Waals surface area (Å²) in [6.07, 6.45) is 2.72. The van der Waals surface area contributed by atoms with Gasteiger partial charge in [0.1, 0.15) is 5.82 Å². The molecule has 0 bridgehead atoms. The smallest absolute Gasteiger partial charge is 0.225 e. The van der Waals surface area contributed by atoms with Crippen molar-refractivity contribution >= 4 is 11.6 Å². The second kappa shape index (κ2) is 4.26. The molecule has 1 amide bonds. The molecular formula is C14H17FN2O. The Kier molecular flexibility index (Phi) is 2.73. The number of aryl methyl sites for hydroxylation is 1. The minimum Gasteiger partial charge on any atom is -0.380 e. The topological polar surface area (TPSA) is 32.3 Å². The lowest BCUT2D eigenvalue weighted by Crippen LogP contribution is -2.34. The zero-order chi connectivity index (χ0) is 12.7. The van der Waals surface area contributed by atoms with E-state index in [4.69, 9.17) is 0 Å². The first-order chi connectivity index (χ1) is 8.65. The number of halogens is 1. The first-order valence-electron chi connectivity index (χ1n) is 6.47. The summed E-state index contributed by atoms with van der Waals surface area (Å²) in [4.78, 5) is 13.8. The number of amides is 1. The molecule has 18 heavy (non-hydrogen) atoms. The predicted octanol–water partition coefficient (Wildman–Crippen LogP) is 2.31. The Morgan fingerprint density at radius 3 is 3.06 bits per heavy atom. The summed E-state index contributed by atoms with van der Waals surface area (Å²) in [5, 5.41) is 3.38. The Morgan fingerprint density at radius 2 is 2.28 bits per heavy atom. The van der Waals surface area contributed by atoms with Gasteiger partial charge < -0.3 is 10.2 Å². The van der Waals surface area contributed by atoms with Crippen molar-refractivity contribution in [3.05, 3.63) is 29.6 Å². The average molecular weight is 248 g/mol. The third-order valence-corrected chi connectivity index (χ3v) is 3.99. The molecule has 0 radical (unpaired) electrons. The van der Waals surface area contributed by atoms with Crippen LogP contribution in [-0.2, 0) is 4.79 Å². The van der Waals surface area contributed by atoms with Gasteiger partial charge in [-0.3, -0.25) is 4.79 Å². The van der Waals surface area contributed by atoms with E-state index >= 15 is 0 Å². The summed E-state index contributed by atoms with van der Waals surface area (Å²) < 4.78 is 13.2. The highest BCUT2D eigenvalue weighted by molar-refractivity contribution is 5.81. The summed E-state index contributed by atoms with van der Waals surface area (Å²) >= 11 is 0.